The number of amides is 1. The van der Waals surface area contributed by atoms with E-state index in [2.05, 4.69) is 10.5 Å². The summed E-state index contributed by atoms with van der Waals surface area (Å²) in [6, 6.07) is 9.62. The Labute approximate surface area is 160 Å². The van der Waals surface area contributed by atoms with Crippen molar-refractivity contribution in [2.24, 2.45) is 5.10 Å². The zero-order valence-electron chi connectivity index (χ0n) is 13.2. The number of carbonyl (C=O) groups is 1. The van der Waals surface area contributed by atoms with E-state index in [-0.39, 0.29) is 28.2 Å². The highest BCUT2D eigenvalue weighted by Gasteiger charge is 2.11. The van der Waals surface area contributed by atoms with Gasteiger partial charge in [-0.25, -0.2) is 5.43 Å². The van der Waals surface area contributed by atoms with Crippen LogP contribution in [0.2, 0.25) is 15.1 Å². The Kier molecular flexibility index (Phi) is 6.93. The molecule has 0 unspecified atom stereocenters. The molecule has 2 N–H and O–H groups in total. The van der Waals surface area contributed by atoms with Gasteiger partial charge in [-0.3, -0.25) is 4.79 Å². The number of rotatable bonds is 6. The SMILES string of the molecule is CCC(=NNC(=O)COc1cc(Cl)c(Cl)cc1Cl)c1ccccc1O. The van der Waals surface area contributed by atoms with Crippen LogP contribution in [-0.2, 0) is 4.79 Å². The van der Waals surface area contributed by atoms with Crippen molar-refractivity contribution in [1.82, 2.24) is 5.43 Å². The van der Waals surface area contributed by atoms with Crippen LogP contribution in [0.15, 0.2) is 41.5 Å². The fourth-order valence-corrected chi connectivity index (χ4v) is 2.56. The van der Waals surface area contributed by atoms with Crippen LogP contribution in [0, 0.1) is 0 Å². The van der Waals surface area contributed by atoms with Crippen molar-refractivity contribution >= 4 is 46.4 Å². The lowest BCUT2D eigenvalue weighted by molar-refractivity contribution is -0.123. The van der Waals surface area contributed by atoms with E-state index in [1.807, 2.05) is 6.92 Å². The van der Waals surface area contributed by atoms with Gasteiger partial charge in [0.25, 0.3) is 5.91 Å². The largest absolute Gasteiger partial charge is 0.507 e. The van der Waals surface area contributed by atoms with E-state index in [4.69, 9.17) is 39.5 Å². The molecule has 0 saturated carbocycles. The number of nitrogens with one attached hydrogen (secondary N) is 1. The van der Waals surface area contributed by atoms with Crippen LogP contribution in [0.4, 0.5) is 0 Å². The first-order chi connectivity index (χ1) is 11.9. The highest BCUT2D eigenvalue weighted by atomic mass is 35.5. The van der Waals surface area contributed by atoms with Gasteiger partial charge in [-0.15, -0.1) is 0 Å². The number of aromatic hydroxyl groups is 1. The average molecular weight is 402 g/mol. The summed E-state index contributed by atoms with van der Waals surface area (Å²) in [5.41, 5.74) is 3.48. The highest BCUT2D eigenvalue weighted by Crippen LogP contribution is 2.33. The number of ether oxygens (including phenoxy) is 1. The van der Waals surface area contributed by atoms with Crippen molar-refractivity contribution in [3.8, 4) is 11.5 Å². The summed E-state index contributed by atoms with van der Waals surface area (Å²) in [4.78, 5) is 11.9. The third-order valence-corrected chi connectivity index (χ3v) is 4.22. The number of carbonyl (C=O) groups excluding carboxylic acids is 1. The molecule has 0 aliphatic rings. The Morgan fingerprint density at radius 3 is 2.52 bits per heavy atom. The van der Waals surface area contributed by atoms with Crippen LogP contribution in [0.5, 0.6) is 11.5 Å². The molecule has 0 fully saturated rings. The van der Waals surface area contributed by atoms with E-state index in [0.29, 0.717) is 22.7 Å². The number of phenols is 1. The Bertz CT molecular complexity index is 810. The lowest BCUT2D eigenvalue weighted by Gasteiger charge is -2.09. The Balaban J connectivity index is 2.00. The second-order valence-corrected chi connectivity index (χ2v) is 6.17. The molecule has 2 rings (SSSR count). The van der Waals surface area contributed by atoms with Gasteiger partial charge in [0.1, 0.15) is 11.5 Å². The number of hydrazone groups is 1. The number of hydrogen-bond acceptors (Lipinski definition) is 4. The van der Waals surface area contributed by atoms with Crippen molar-refractivity contribution in [3.63, 3.8) is 0 Å². The quantitative estimate of drug-likeness (QED) is 0.420. The minimum Gasteiger partial charge on any atom is -0.507 e. The molecule has 0 heterocycles. The zero-order chi connectivity index (χ0) is 18.4. The van der Waals surface area contributed by atoms with Crippen LogP contribution >= 0.6 is 34.8 Å². The smallest absolute Gasteiger partial charge is 0.277 e. The molecule has 1 amide bonds. The molecule has 2 aromatic rings. The molecule has 0 aliphatic heterocycles. The van der Waals surface area contributed by atoms with Gasteiger partial charge in [0.05, 0.1) is 20.8 Å². The van der Waals surface area contributed by atoms with E-state index >= 15 is 0 Å². The van der Waals surface area contributed by atoms with Crippen molar-refractivity contribution < 1.29 is 14.6 Å². The van der Waals surface area contributed by atoms with Gasteiger partial charge in [-0.2, -0.15) is 5.10 Å². The van der Waals surface area contributed by atoms with E-state index in [9.17, 15) is 9.90 Å². The van der Waals surface area contributed by atoms with Crippen molar-refractivity contribution in [2.45, 2.75) is 13.3 Å². The monoisotopic (exact) mass is 400 g/mol. The zero-order valence-corrected chi connectivity index (χ0v) is 15.5. The van der Waals surface area contributed by atoms with Crippen LogP contribution in [0.25, 0.3) is 0 Å². The minimum absolute atomic E-state index is 0.0937. The molecule has 132 valence electrons. The first-order valence-electron chi connectivity index (χ1n) is 7.33. The minimum atomic E-state index is -0.483. The molecule has 0 aromatic heterocycles. The van der Waals surface area contributed by atoms with E-state index < -0.39 is 5.91 Å². The molecule has 0 atom stereocenters. The maximum absolute atomic E-state index is 11.9. The van der Waals surface area contributed by atoms with Crippen LogP contribution in [-0.4, -0.2) is 23.3 Å². The molecule has 5 nitrogen and oxygen atoms in total. The standard InChI is InChI=1S/C17H15Cl3N2O3/c1-2-14(10-5-3-4-6-15(10)23)21-22-17(24)9-25-16-8-12(19)11(18)7-13(16)20/h3-8,23H,2,9H2,1H3,(H,22,24). The molecule has 8 heteroatoms. The maximum atomic E-state index is 11.9. The molecule has 0 saturated heterocycles. The molecule has 2 aromatic carbocycles. The number of para-hydroxylation sites is 1. The van der Waals surface area contributed by atoms with E-state index in [0.717, 1.165) is 0 Å². The number of benzene rings is 2. The summed E-state index contributed by atoms with van der Waals surface area (Å²) in [6.45, 7) is 1.56. The molecule has 0 spiro atoms. The third-order valence-electron chi connectivity index (χ3n) is 3.20. The second-order valence-electron chi connectivity index (χ2n) is 4.95. The molecule has 0 aliphatic carbocycles. The van der Waals surface area contributed by atoms with Gasteiger partial charge < -0.3 is 9.84 Å². The molecular formula is C17H15Cl3N2O3. The molecule has 0 radical (unpaired) electrons. The fraction of sp³-hybridized carbons (Fsp3) is 0.176. The lowest BCUT2D eigenvalue weighted by atomic mass is 10.1. The first kappa shape index (κ1) is 19.4. The van der Waals surface area contributed by atoms with Crippen molar-refractivity contribution in [1.29, 1.82) is 0 Å². The Morgan fingerprint density at radius 1 is 1.16 bits per heavy atom. The van der Waals surface area contributed by atoms with Crippen LogP contribution in [0.3, 0.4) is 0 Å². The van der Waals surface area contributed by atoms with Gasteiger partial charge in [0.2, 0.25) is 0 Å². The summed E-state index contributed by atoms with van der Waals surface area (Å²) in [5.74, 6) is -0.147. The van der Waals surface area contributed by atoms with Crippen molar-refractivity contribution in [3.05, 3.63) is 57.0 Å². The Morgan fingerprint density at radius 2 is 1.84 bits per heavy atom. The first-order valence-corrected chi connectivity index (χ1v) is 8.46. The normalized spacial score (nSPS) is 11.3. The maximum Gasteiger partial charge on any atom is 0.277 e. The number of phenolic OH excluding ortho intramolecular Hbond substituents is 1. The predicted molar refractivity (Wildman–Crippen MR) is 100 cm³/mol. The summed E-state index contributed by atoms with van der Waals surface area (Å²) < 4.78 is 5.32. The summed E-state index contributed by atoms with van der Waals surface area (Å²) in [7, 11) is 0. The third kappa shape index (κ3) is 5.26. The van der Waals surface area contributed by atoms with Gasteiger partial charge in [0, 0.05) is 11.6 Å². The second kappa shape index (κ2) is 8.94. The van der Waals surface area contributed by atoms with Gasteiger partial charge in [-0.1, -0.05) is 53.9 Å². The number of halogens is 3. The molecule has 25 heavy (non-hydrogen) atoms. The summed E-state index contributed by atoms with van der Waals surface area (Å²) in [5, 5.41) is 14.7. The van der Waals surface area contributed by atoms with Crippen LogP contribution in [0.1, 0.15) is 18.9 Å². The lowest BCUT2D eigenvalue weighted by Crippen LogP contribution is -2.26. The van der Waals surface area contributed by atoms with Crippen molar-refractivity contribution in [2.75, 3.05) is 6.61 Å². The fourth-order valence-electron chi connectivity index (χ4n) is 1.97. The number of hydrogen-bond donors (Lipinski definition) is 2. The number of nitrogens with zero attached hydrogens (tertiary/aromatic N) is 1. The average Bonchev–Trinajstić information content (AvgIpc) is 2.59. The van der Waals surface area contributed by atoms with E-state index in [1.54, 1.807) is 24.3 Å². The molecular weight excluding hydrogens is 387 g/mol. The predicted octanol–water partition coefficient (Wildman–Crippen LogP) is 4.66. The summed E-state index contributed by atoms with van der Waals surface area (Å²) in [6.07, 6.45) is 0.525. The topological polar surface area (TPSA) is 70.9 Å². The Hall–Kier alpha value is -1.95. The van der Waals surface area contributed by atoms with Crippen LogP contribution < -0.4 is 10.2 Å². The van der Waals surface area contributed by atoms with Gasteiger partial charge >= 0.3 is 0 Å². The summed E-state index contributed by atoms with van der Waals surface area (Å²) >= 11 is 17.7. The van der Waals surface area contributed by atoms with E-state index in [1.165, 1.54) is 12.1 Å². The van der Waals surface area contributed by atoms with Gasteiger partial charge in [0.15, 0.2) is 6.61 Å². The highest BCUT2D eigenvalue weighted by molar-refractivity contribution is 6.43. The molecule has 0 bridgehead atoms. The van der Waals surface area contributed by atoms with Gasteiger partial charge in [-0.05, 0) is 24.6 Å².